The third kappa shape index (κ3) is 5.13. The summed E-state index contributed by atoms with van der Waals surface area (Å²) in [6.45, 7) is -1.29. The molecular formula is C24H24F2N2O5. The van der Waals surface area contributed by atoms with Gasteiger partial charge in [-0.1, -0.05) is 48.5 Å². The summed E-state index contributed by atoms with van der Waals surface area (Å²) in [5, 5.41) is 13.0. The third-order valence-corrected chi connectivity index (χ3v) is 6.03. The van der Waals surface area contributed by atoms with Crippen LogP contribution in [-0.4, -0.2) is 48.2 Å². The Balaban J connectivity index is 1.31. The topological polar surface area (TPSA) is 105 Å². The van der Waals surface area contributed by atoms with E-state index in [-0.39, 0.29) is 18.4 Å². The molecule has 1 atom stereocenters. The van der Waals surface area contributed by atoms with Crippen molar-refractivity contribution >= 4 is 18.0 Å². The number of carboxylic acids is 1. The Morgan fingerprint density at radius 1 is 1.03 bits per heavy atom. The summed E-state index contributed by atoms with van der Waals surface area (Å²) in [6.07, 6.45) is -0.121. The second-order valence-corrected chi connectivity index (χ2v) is 8.40. The number of carboxylic acid groups (broad SMARTS) is 1. The largest absolute Gasteiger partial charge is 0.481 e. The molecule has 9 heteroatoms. The zero-order valence-electron chi connectivity index (χ0n) is 17.7. The van der Waals surface area contributed by atoms with Crippen LogP contribution in [0.5, 0.6) is 0 Å². The van der Waals surface area contributed by atoms with Gasteiger partial charge < -0.3 is 20.5 Å². The number of nitrogens with one attached hydrogen (secondary N) is 2. The van der Waals surface area contributed by atoms with Crippen molar-refractivity contribution in [2.24, 2.45) is 5.92 Å². The monoisotopic (exact) mass is 458 g/mol. The number of ether oxygens (including phenoxy) is 1. The van der Waals surface area contributed by atoms with E-state index in [1.54, 1.807) is 0 Å². The Bertz CT molecular complexity index is 1020. The maximum Gasteiger partial charge on any atom is 0.407 e. The second-order valence-electron chi connectivity index (χ2n) is 8.40. The quantitative estimate of drug-likeness (QED) is 0.533. The van der Waals surface area contributed by atoms with Gasteiger partial charge in [0.25, 0.3) is 5.91 Å². The minimum atomic E-state index is -3.91. The van der Waals surface area contributed by atoms with Crippen LogP contribution < -0.4 is 10.6 Å². The average Bonchev–Trinajstić information content (AvgIpc) is 3.59. The summed E-state index contributed by atoms with van der Waals surface area (Å²) in [7, 11) is 0. The van der Waals surface area contributed by atoms with Crippen molar-refractivity contribution < 1.29 is 33.0 Å². The molecule has 0 radical (unpaired) electrons. The fraction of sp³-hybridized carbons (Fsp3) is 0.375. The van der Waals surface area contributed by atoms with Crippen LogP contribution in [0.1, 0.15) is 36.3 Å². The molecule has 0 bridgehead atoms. The molecule has 2 aliphatic rings. The Kier molecular flexibility index (Phi) is 6.31. The van der Waals surface area contributed by atoms with Crippen molar-refractivity contribution in [2.75, 3.05) is 13.2 Å². The molecule has 0 saturated heterocycles. The van der Waals surface area contributed by atoms with Crippen LogP contribution in [0.4, 0.5) is 13.6 Å². The van der Waals surface area contributed by atoms with E-state index in [1.807, 2.05) is 53.8 Å². The van der Waals surface area contributed by atoms with Gasteiger partial charge in [-0.25, -0.2) is 4.79 Å². The molecule has 0 heterocycles. The van der Waals surface area contributed by atoms with Gasteiger partial charge in [-0.15, -0.1) is 0 Å². The molecule has 2 amide bonds. The fourth-order valence-corrected chi connectivity index (χ4v) is 4.21. The van der Waals surface area contributed by atoms with E-state index in [0.29, 0.717) is 12.8 Å². The van der Waals surface area contributed by atoms with Crippen molar-refractivity contribution in [3.63, 3.8) is 0 Å². The first-order chi connectivity index (χ1) is 15.8. The van der Waals surface area contributed by atoms with Gasteiger partial charge in [-0.05, 0) is 41.0 Å². The number of alkyl carbamates (subject to hydrolysis) is 1. The number of rotatable bonds is 9. The van der Waals surface area contributed by atoms with E-state index in [4.69, 9.17) is 9.84 Å². The molecule has 1 fully saturated rings. The highest BCUT2D eigenvalue weighted by atomic mass is 19.3. The van der Waals surface area contributed by atoms with E-state index >= 15 is 0 Å². The van der Waals surface area contributed by atoms with Gasteiger partial charge in [0, 0.05) is 12.0 Å². The van der Waals surface area contributed by atoms with E-state index < -0.39 is 42.9 Å². The zero-order valence-corrected chi connectivity index (χ0v) is 17.7. The summed E-state index contributed by atoms with van der Waals surface area (Å²) in [6, 6.07) is 14.6. The van der Waals surface area contributed by atoms with Crippen molar-refractivity contribution in [3.8, 4) is 11.1 Å². The number of aliphatic carboxylic acids is 1. The van der Waals surface area contributed by atoms with Gasteiger partial charge in [0.05, 0.1) is 13.0 Å². The van der Waals surface area contributed by atoms with Crippen LogP contribution in [-0.2, 0) is 14.3 Å². The standard InChI is InChI=1S/C24H24F2N2O5/c25-24(26,22(31)28-20(11-21(29)30)14-9-10-14)13-27-23(32)33-12-19-17-7-3-1-5-15(17)16-6-2-4-8-18(16)19/h1-8,14,19-20H,9-13H2,(H,27,32)(H,28,31)(H,29,30). The lowest BCUT2D eigenvalue weighted by Crippen LogP contribution is -2.51. The van der Waals surface area contributed by atoms with Gasteiger partial charge in [0.2, 0.25) is 0 Å². The highest BCUT2D eigenvalue weighted by Crippen LogP contribution is 2.44. The fourth-order valence-electron chi connectivity index (χ4n) is 4.21. The average molecular weight is 458 g/mol. The Hall–Kier alpha value is -3.49. The van der Waals surface area contributed by atoms with E-state index in [9.17, 15) is 23.2 Å². The molecule has 2 aliphatic carbocycles. The smallest absolute Gasteiger partial charge is 0.407 e. The zero-order chi connectivity index (χ0) is 23.6. The second kappa shape index (κ2) is 9.17. The van der Waals surface area contributed by atoms with Crippen LogP contribution in [0.25, 0.3) is 11.1 Å². The normalized spacial score (nSPS) is 15.8. The summed E-state index contributed by atoms with van der Waals surface area (Å²) in [4.78, 5) is 35.0. The molecule has 33 heavy (non-hydrogen) atoms. The molecule has 2 aromatic carbocycles. The molecule has 2 aromatic rings. The SMILES string of the molecule is O=C(O)CC(NC(=O)C(F)(F)CNC(=O)OCC1c2ccccc2-c2ccccc21)C1CC1. The number of carbonyl (C=O) groups excluding carboxylic acids is 2. The van der Waals surface area contributed by atoms with E-state index in [0.717, 1.165) is 22.3 Å². The van der Waals surface area contributed by atoms with Crippen molar-refractivity contribution in [1.29, 1.82) is 0 Å². The lowest BCUT2D eigenvalue weighted by atomic mass is 9.98. The molecule has 1 saturated carbocycles. The molecule has 3 N–H and O–H groups in total. The minimum absolute atomic E-state index is 0.0417. The lowest BCUT2D eigenvalue weighted by molar-refractivity contribution is -0.146. The summed E-state index contributed by atoms with van der Waals surface area (Å²) < 4.78 is 33.7. The lowest BCUT2D eigenvalue weighted by Gasteiger charge is -2.21. The molecule has 174 valence electrons. The number of benzene rings is 2. The van der Waals surface area contributed by atoms with Crippen molar-refractivity contribution in [3.05, 3.63) is 59.7 Å². The molecule has 7 nitrogen and oxygen atoms in total. The first kappa shape index (κ1) is 22.7. The number of carbonyl (C=O) groups is 3. The number of alkyl halides is 2. The summed E-state index contributed by atoms with van der Waals surface area (Å²) in [5.41, 5.74) is 4.05. The first-order valence-electron chi connectivity index (χ1n) is 10.8. The maximum atomic E-state index is 14.3. The van der Waals surface area contributed by atoms with E-state index in [1.165, 1.54) is 0 Å². The van der Waals surface area contributed by atoms with Gasteiger partial charge in [-0.3, -0.25) is 9.59 Å². The molecule has 4 rings (SSSR count). The van der Waals surface area contributed by atoms with Crippen LogP contribution in [0, 0.1) is 5.92 Å². The van der Waals surface area contributed by atoms with Crippen molar-refractivity contribution in [2.45, 2.75) is 37.1 Å². The van der Waals surface area contributed by atoms with E-state index in [2.05, 4.69) is 5.32 Å². The summed E-state index contributed by atoms with van der Waals surface area (Å²) >= 11 is 0. The van der Waals surface area contributed by atoms with Gasteiger partial charge in [-0.2, -0.15) is 8.78 Å². The molecule has 0 aromatic heterocycles. The number of hydrogen-bond acceptors (Lipinski definition) is 4. The van der Waals surface area contributed by atoms with Gasteiger partial charge in [0.15, 0.2) is 0 Å². The van der Waals surface area contributed by atoms with Gasteiger partial charge >= 0.3 is 18.0 Å². The number of halogens is 2. The Morgan fingerprint density at radius 2 is 1.61 bits per heavy atom. The number of fused-ring (bicyclic) bond motifs is 3. The minimum Gasteiger partial charge on any atom is -0.481 e. The van der Waals surface area contributed by atoms with Crippen LogP contribution >= 0.6 is 0 Å². The Labute approximate surface area is 189 Å². The van der Waals surface area contributed by atoms with Crippen LogP contribution in [0.15, 0.2) is 48.5 Å². The highest BCUT2D eigenvalue weighted by molar-refractivity contribution is 5.85. The van der Waals surface area contributed by atoms with Crippen LogP contribution in [0.3, 0.4) is 0 Å². The first-order valence-corrected chi connectivity index (χ1v) is 10.8. The number of amides is 2. The summed E-state index contributed by atoms with van der Waals surface area (Å²) in [5.74, 6) is -7.03. The van der Waals surface area contributed by atoms with Crippen molar-refractivity contribution in [1.82, 2.24) is 10.6 Å². The number of hydrogen-bond donors (Lipinski definition) is 3. The highest BCUT2D eigenvalue weighted by Gasteiger charge is 2.43. The molecular weight excluding hydrogens is 434 g/mol. The van der Waals surface area contributed by atoms with Gasteiger partial charge in [0.1, 0.15) is 6.61 Å². The molecule has 0 spiro atoms. The predicted octanol–water partition coefficient (Wildman–Crippen LogP) is 3.53. The molecule has 0 aliphatic heterocycles. The maximum absolute atomic E-state index is 14.3. The van der Waals surface area contributed by atoms with Crippen LogP contribution in [0.2, 0.25) is 0 Å². The third-order valence-electron chi connectivity index (χ3n) is 6.03. The molecule has 1 unspecified atom stereocenters. The Morgan fingerprint density at radius 3 is 2.15 bits per heavy atom. The predicted molar refractivity (Wildman–Crippen MR) is 115 cm³/mol.